The van der Waals surface area contributed by atoms with Crippen LogP contribution < -0.4 is 34.7 Å². The molecule has 0 bridgehead atoms. The number of hydrogen-bond acceptors (Lipinski definition) is 5. The topological polar surface area (TPSA) is 80.7 Å². The Bertz CT molecular complexity index is 360. The maximum absolute atomic E-state index is 11.7. The molecule has 2 heterocycles. The zero-order chi connectivity index (χ0) is 12.2. The number of β-lactam (4-membered cyclic amide) rings is 1. The maximum Gasteiger partial charge on any atom is 1.00 e. The van der Waals surface area contributed by atoms with Crippen molar-refractivity contribution >= 4 is 23.6 Å². The smallest absolute Gasteiger partial charge is 0.548 e. The first-order valence-corrected chi connectivity index (χ1v) is 6.04. The Hall–Kier alpha value is 0.250. The largest absolute Gasteiger partial charge is 1.00 e. The van der Waals surface area contributed by atoms with Crippen LogP contribution in [-0.2, 0) is 9.59 Å². The van der Waals surface area contributed by atoms with E-state index in [4.69, 9.17) is 0 Å². The average Bonchev–Trinajstić information content (AvgIpc) is 2.33. The summed E-state index contributed by atoms with van der Waals surface area (Å²) in [6, 6.07) is -0.898. The first kappa shape index (κ1) is 15.3. The second-order valence-electron chi connectivity index (χ2n) is 4.85. The number of nitrogens with zero attached hydrogens (tertiary/aromatic N) is 1. The van der Waals surface area contributed by atoms with Gasteiger partial charge in [0.05, 0.1) is 29.4 Å². The van der Waals surface area contributed by atoms with E-state index in [2.05, 4.69) is 0 Å². The molecule has 0 aromatic heterocycles. The number of carbonyl (C=O) groups is 2. The molecule has 0 spiro atoms. The van der Waals surface area contributed by atoms with E-state index < -0.39 is 28.8 Å². The Morgan fingerprint density at radius 1 is 1.59 bits per heavy atom. The second kappa shape index (κ2) is 4.74. The van der Waals surface area contributed by atoms with Gasteiger partial charge in [-0.25, -0.2) is 0 Å². The van der Waals surface area contributed by atoms with Gasteiger partial charge in [0, 0.05) is 4.75 Å². The Morgan fingerprint density at radius 3 is 2.53 bits per heavy atom. The number of fused-ring (bicyclic) bond motifs is 1. The van der Waals surface area contributed by atoms with Crippen molar-refractivity contribution in [3.05, 3.63) is 0 Å². The molecule has 0 aromatic carbocycles. The summed E-state index contributed by atoms with van der Waals surface area (Å²) in [7, 11) is 0. The van der Waals surface area contributed by atoms with Crippen LogP contribution in [0.3, 0.4) is 0 Å². The standard InChI is InChI=1S/C10H15NO4S.Na/c1-4(12)5-7(13)11-6(9(14)15)10(2,3)16-8(5)11;/h4-6,8,12H,1-3H3,(H,14,15);/q;+1/p-1/t4-,5+,6-,8+;/m0./s1. The van der Waals surface area contributed by atoms with Crippen LogP contribution in [0.15, 0.2) is 0 Å². The number of thioether (sulfide) groups is 1. The number of rotatable bonds is 2. The Kier molecular flexibility index (Phi) is 4.26. The third-order valence-electron chi connectivity index (χ3n) is 3.23. The summed E-state index contributed by atoms with van der Waals surface area (Å²) in [5.41, 5.74) is 0. The molecular weight excluding hydrogens is 253 g/mol. The van der Waals surface area contributed by atoms with Gasteiger partial charge in [0.15, 0.2) is 0 Å². The molecule has 17 heavy (non-hydrogen) atoms. The van der Waals surface area contributed by atoms with Crippen molar-refractivity contribution < 1.29 is 49.4 Å². The third kappa shape index (κ3) is 2.14. The van der Waals surface area contributed by atoms with Crippen LogP contribution in [0.4, 0.5) is 0 Å². The zero-order valence-corrected chi connectivity index (χ0v) is 13.2. The van der Waals surface area contributed by atoms with E-state index in [1.807, 2.05) is 0 Å². The summed E-state index contributed by atoms with van der Waals surface area (Å²) in [6.07, 6.45) is -0.738. The molecule has 4 atom stereocenters. The van der Waals surface area contributed by atoms with Crippen molar-refractivity contribution in [2.75, 3.05) is 0 Å². The fourth-order valence-corrected chi connectivity index (χ4v) is 4.26. The first-order chi connectivity index (χ1) is 7.27. The van der Waals surface area contributed by atoms with Gasteiger partial charge in [-0.1, -0.05) is 0 Å². The molecule has 0 unspecified atom stereocenters. The van der Waals surface area contributed by atoms with Crippen molar-refractivity contribution in [2.24, 2.45) is 5.92 Å². The van der Waals surface area contributed by atoms with E-state index in [1.165, 1.54) is 16.7 Å². The monoisotopic (exact) mass is 267 g/mol. The number of hydrogen-bond donors (Lipinski definition) is 1. The molecule has 0 saturated carbocycles. The number of carboxylic acid groups (broad SMARTS) is 1. The zero-order valence-electron chi connectivity index (χ0n) is 10.3. The van der Waals surface area contributed by atoms with E-state index in [0.29, 0.717) is 0 Å². The molecular formula is C10H14NNaO4S. The summed E-state index contributed by atoms with van der Waals surface area (Å²) < 4.78 is -0.567. The van der Waals surface area contributed by atoms with Crippen LogP contribution in [0, 0.1) is 5.92 Å². The predicted octanol–water partition coefficient (Wildman–Crippen LogP) is -4.20. The van der Waals surface area contributed by atoms with Crippen molar-refractivity contribution in [2.45, 2.75) is 43.0 Å². The van der Waals surface area contributed by atoms with E-state index in [-0.39, 0.29) is 40.8 Å². The normalized spacial score (nSPS) is 35.6. The van der Waals surface area contributed by atoms with Crippen LogP contribution >= 0.6 is 11.8 Å². The number of aliphatic hydroxyl groups is 1. The van der Waals surface area contributed by atoms with Gasteiger partial charge >= 0.3 is 29.6 Å². The fraction of sp³-hybridized carbons (Fsp3) is 0.800. The first-order valence-electron chi connectivity index (χ1n) is 5.16. The minimum Gasteiger partial charge on any atom is -0.548 e. The van der Waals surface area contributed by atoms with E-state index in [1.54, 1.807) is 20.8 Å². The summed E-state index contributed by atoms with van der Waals surface area (Å²) in [5, 5.41) is 20.3. The van der Waals surface area contributed by atoms with Gasteiger partial charge in [-0.15, -0.1) is 11.8 Å². The summed E-state index contributed by atoms with van der Waals surface area (Å²) in [6.45, 7) is 5.12. The van der Waals surface area contributed by atoms with Gasteiger partial charge in [0.2, 0.25) is 5.91 Å². The molecule has 2 fully saturated rings. The van der Waals surface area contributed by atoms with Gasteiger partial charge in [-0.3, -0.25) is 4.79 Å². The minimum atomic E-state index is -1.22. The molecule has 7 heteroatoms. The van der Waals surface area contributed by atoms with Crippen LogP contribution in [-0.4, -0.2) is 44.1 Å². The molecule has 0 radical (unpaired) electrons. The predicted molar refractivity (Wildman–Crippen MR) is 56.3 cm³/mol. The van der Waals surface area contributed by atoms with Crippen LogP contribution in [0.1, 0.15) is 20.8 Å². The quantitative estimate of drug-likeness (QED) is 0.405. The number of carboxylic acids is 1. The van der Waals surface area contributed by atoms with Gasteiger partial charge in [-0.05, 0) is 20.8 Å². The molecule has 0 aliphatic carbocycles. The Morgan fingerprint density at radius 2 is 2.12 bits per heavy atom. The van der Waals surface area contributed by atoms with Crippen LogP contribution in [0.25, 0.3) is 0 Å². The molecule has 2 saturated heterocycles. The van der Waals surface area contributed by atoms with Crippen molar-refractivity contribution in [3.63, 3.8) is 0 Å². The second-order valence-corrected chi connectivity index (χ2v) is 6.62. The van der Waals surface area contributed by atoms with Gasteiger partial charge in [-0.2, -0.15) is 0 Å². The van der Waals surface area contributed by atoms with Crippen LogP contribution in [0.2, 0.25) is 0 Å². The third-order valence-corrected chi connectivity index (χ3v) is 4.82. The SMILES string of the molecule is C[C@H](O)[C@@H]1C(=O)N2[C@@H]1SC(C)(C)[C@@H]2C(=O)[O-].[Na+]. The number of aliphatic carboxylic acids is 1. The minimum absolute atomic E-state index is 0. The molecule has 1 amide bonds. The molecule has 5 nitrogen and oxygen atoms in total. The van der Waals surface area contributed by atoms with Gasteiger partial charge in [0.1, 0.15) is 0 Å². The molecule has 1 N–H and O–H groups in total. The molecule has 0 aromatic rings. The van der Waals surface area contributed by atoms with E-state index in [0.717, 1.165) is 0 Å². The van der Waals surface area contributed by atoms with Crippen molar-refractivity contribution in [1.82, 2.24) is 4.90 Å². The van der Waals surface area contributed by atoms with E-state index in [9.17, 15) is 19.8 Å². The number of amides is 1. The number of carbonyl (C=O) groups excluding carboxylic acids is 2. The van der Waals surface area contributed by atoms with Crippen LogP contribution in [0.5, 0.6) is 0 Å². The Balaban J connectivity index is 0.00000144. The van der Waals surface area contributed by atoms with Crippen molar-refractivity contribution in [3.8, 4) is 0 Å². The maximum atomic E-state index is 11.7. The van der Waals surface area contributed by atoms with E-state index >= 15 is 0 Å². The molecule has 2 aliphatic heterocycles. The summed E-state index contributed by atoms with van der Waals surface area (Å²) in [5.74, 6) is -1.99. The van der Waals surface area contributed by atoms with Gasteiger partial charge < -0.3 is 19.9 Å². The molecule has 2 aliphatic rings. The van der Waals surface area contributed by atoms with Gasteiger partial charge in [0.25, 0.3) is 0 Å². The fourth-order valence-electron chi connectivity index (χ4n) is 2.47. The number of aliphatic hydroxyl groups excluding tert-OH is 1. The molecule has 2 rings (SSSR count). The summed E-state index contributed by atoms with van der Waals surface area (Å²) >= 11 is 1.42. The Labute approximate surface area is 126 Å². The van der Waals surface area contributed by atoms with Crippen molar-refractivity contribution in [1.29, 1.82) is 0 Å². The average molecular weight is 267 g/mol. The summed E-state index contributed by atoms with van der Waals surface area (Å²) in [4.78, 5) is 24.1. The molecule has 90 valence electrons.